The molecule has 1 amide bonds. The van der Waals surface area contributed by atoms with E-state index in [1.54, 1.807) is 11.9 Å². The minimum Gasteiger partial charge on any atom is -0.367 e. The van der Waals surface area contributed by atoms with Gasteiger partial charge in [0, 0.05) is 19.6 Å². The third-order valence-electron chi connectivity index (χ3n) is 2.73. The van der Waals surface area contributed by atoms with Crippen molar-refractivity contribution >= 4 is 5.91 Å². The summed E-state index contributed by atoms with van der Waals surface area (Å²) in [6, 6.07) is 9.83. The molecule has 0 radical (unpaired) electrons. The summed E-state index contributed by atoms with van der Waals surface area (Å²) in [6.45, 7) is 2.92. The highest BCUT2D eigenvalue weighted by Crippen LogP contribution is 2.01. The molecule has 0 heterocycles. The van der Waals surface area contributed by atoms with Gasteiger partial charge < -0.3 is 15.4 Å². The van der Waals surface area contributed by atoms with E-state index in [0.717, 1.165) is 5.56 Å². The Hall–Kier alpha value is -1.39. The molecule has 0 bridgehead atoms. The summed E-state index contributed by atoms with van der Waals surface area (Å²) in [5, 5.41) is 0. The number of rotatable bonds is 6. The number of carbonyl (C=O) groups is 1. The summed E-state index contributed by atoms with van der Waals surface area (Å²) in [5.41, 5.74) is 6.56. The molecule has 2 N–H and O–H groups in total. The lowest BCUT2D eigenvalue weighted by atomic mass is 10.2. The zero-order chi connectivity index (χ0) is 12.7. The Kier molecular flexibility index (Phi) is 5.66. The molecule has 0 aromatic heterocycles. The maximum atomic E-state index is 11.7. The van der Waals surface area contributed by atoms with Gasteiger partial charge in [0.15, 0.2) is 0 Å². The van der Waals surface area contributed by atoms with Crippen LogP contribution in [0.3, 0.4) is 0 Å². The Morgan fingerprint density at radius 3 is 2.65 bits per heavy atom. The molecule has 0 fully saturated rings. The van der Waals surface area contributed by atoms with Crippen LogP contribution in [0.4, 0.5) is 0 Å². The molecule has 0 aliphatic rings. The second-order valence-corrected chi connectivity index (χ2v) is 4.07. The van der Waals surface area contributed by atoms with E-state index >= 15 is 0 Å². The average Bonchev–Trinajstić information content (AvgIpc) is 2.38. The first-order valence-electron chi connectivity index (χ1n) is 5.72. The summed E-state index contributed by atoms with van der Waals surface area (Å²) >= 11 is 0. The van der Waals surface area contributed by atoms with E-state index in [-0.39, 0.29) is 18.6 Å². The zero-order valence-corrected chi connectivity index (χ0v) is 10.4. The van der Waals surface area contributed by atoms with Crippen LogP contribution >= 0.6 is 0 Å². The van der Waals surface area contributed by atoms with Gasteiger partial charge in [-0.3, -0.25) is 4.79 Å². The molecule has 17 heavy (non-hydrogen) atoms. The maximum Gasteiger partial charge on any atom is 0.248 e. The Morgan fingerprint density at radius 2 is 2.06 bits per heavy atom. The lowest BCUT2D eigenvalue weighted by Gasteiger charge is -2.23. The lowest BCUT2D eigenvalue weighted by Crippen LogP contribution is -2.41. The van der Waals surface area contributed by atoms with Crippen LogP contribution in [0.5, 0.6) is 0 Å². The van der Waals surface area contributed by atoms with E-state index in [2.05, 4.69) is 0 Å². The third-order valence-corrected chi connectivity index (χ3v) is 2.73. The van der Waals surface area contributed by atoms with Crippen molar-refractivity contribution in [2.45, 2.75) is 19.6 Å². The van der Waals surface area contributed by atoms with Gasteiger partial charge in [-0.15, -0.1) is 0 Å². The summed E-state index contributed by atoms with van der Waals surface area (Å²) in [6.07, 6.45) is 0. The number of hydrogen-bond acceptors (Lipinski definition) is 3. The van der Waals surface area contributed by atoms with E-state index < -0.39 is 0 Å². The number of ether oxygens (including phenoxy) is 1. The molecule has 4 nitrogen and oxygen atoms in total. The van der Waals surface area contributed by atoms with Gasteiger partial charge in [0.05, 0.1) is 6.61 Å². The molecule has 0 spiro atoms. The van der Waals surface area contributed by atoms with Crippen molar-refractivity contribution < 1.29 is 9.53 Å². The second-order valence-electron chi connectivity index (χ2n) is 4.07. The maximum absolute atomic E-state index is 11.7. The SMILES string of the molecule is CC(CN)N(C)C(=O)COCc1ccccc1. The summed E-state index contributed by atoms with van der Waals surface area (Å²) < 4.78 is 5.37. The first kappa shape index (κ1) is 13.7. The van der Waals surface area contributed by atoms with E-state index in [0.29, 0.717) is 13.2 Å². The van der Waals surface area contributed by atoms with E-state index in [1.807, 2.05) is 37.3 Å². The highest BCUT2D eigenvalue weighted by molar-refractivity contribution is 5.77. The fourth-order valence-electron chi connectivity index (χ4n) is 1.34. The van der Waals surface area contributed by atoms with Crippen LogP contribution in [-0.2, 0) is 16.1 Å². The van der Waals surface area contributed by atoms with Gasteiger partial charge in [-0.1, -0.05) is 30.3 Å². The summed E-state index contributed by atoms with van der Waals surface area (Å²) in [4.78, 5) is 13.3. The average molecular weight is 236 g/mol. The molecular weight excluding hydrogens is 216 g/mol. The zero-order valence-electron chi connectivity index (χ0n) is 10.4. The standard InChI is InChI=1S/C13H20N2O2/c1-11(8-14)15(2)13(16)10-17-9-12-6-4-3-5-7-12/h3-7,11H,8-10,14H2,1-2H3. The molecule has 0 aliphatic carbocycles. The summed E-state index contributed by atoms with van der Waals surface area (Å²) in [7, 11) is 1.74. The molecule has 1 unspecified atom stereocenters. The van der Waals surface area contributed by atoms with E-state index in [1.165, 1.54) is 0 Å². The molecule has 4 heteroatoms. The van der Waals surface area contributed by atoms with Crippen molar-refractivity contribution in [1.29, 1.82) is 0 Å². The van der Waals surface area contributed by atoms with E-state index in [9.17, 15) is 4.79 Å². The Balaban J connectivity index is 2.29. The molecule has 1 aromatic carbocycles. The fourth-order valence-corrected chi connectivity index (χ4v) is 1.34. The lowest BCUT2D eigenvalue weighted by molar-refractivity contribution is -0.136. The van der Waals surface area contributed by atoms with Gasteiger partial charge in [0.25, 0.3) is 0 Å². The smallest absolute Gasteiger partial charge is 0.248 e. The third kappa shape index (κ3) is 4.54. The van der Waals surface area contributed by atoms with Crippen LogP contribution in [0, 0.1) is 0 Å². The molecule has 0 saturated carbocycles. The number of nitrogens with two attached hydrogens (primary N) is 1. The van der Waals surface area contributed by atoms with Crippen molar-refractivity contribution in [2.75, 3.05) is 20.2 Å². The van der Waals surface area contributed by atoms with Crippen molar-refractivity contribution in [1.82, 2.24) is 4.90 Å². The van der Waals surface area contributed by atoms with Crippen LogP contribution in [0.25, 0.3) is 0 Å². The van der Waals surface area contributed by atoms with Crippen molar-refractivity contribution in [3.63, 3.8) is 0 Å². The van der Waals surface area contributed by atoms with Crippen LogP contribution in [0.2, 0.25) is 0 Å². The second kappa shape index (κ2) is 7.04. The molecule has 0 saturated heterocycles. The molecular formula is C13H20N2O2. The van der Waals surface area contributed by atoms with Crippen LogP contribution in [0.15, 0.2) is 30.3 Å². The Morgan fingerprint density at radius 1 is 1.41 bits per heavy atom. The van der Waals surface area contributed by atoms with Crippen LogP contribution < -0.4 is 5.73 Å². The number of benzene rings is 1. The highest BCUT2D eigenvalue weighted by Gasteiger charge is 2.13. The van der Waals surface area contributed by atoms with Gasteiger partial charge in [-0.2, -0.15) is 0 Å². The highest BCUT2D eigenvalue weighted by atomic mass is 16.5. The topological polar surface area (TPSA) is 55.6 Å². The van der Waals surface area contributed by atoms with Crippen molar-refractivity contribution in [2.24, 2.45) is 5.73 Å². The molecule has 1 aromatic rings. The molecule has 0 aliphatic heterocycles. The van der Waals surface area contributed by atoms with Crippen molar-refractivity contribution in [3.05, 3.63) is 35.9 Å². The molecule has 1 rings (SSSR count). The van der Waals surface area contributed by atoms with Gasteiger partial charge in [0.2, 0.25) is 5.91 Å². The van der Waals surface area contributed by atoms with Crippen molar-refractivity contribution in [3.8, 4) is 0 Å². The predicted octanol–water partition coefficient (Wildman–Crippen LogP) is 1.01. The van der Waals surface area contributed by atoms with Gasteiger partial charge in [0.1, 0.15) is 6.61 Å². The van der Waals surface area contributed by atoms with Crippen LogP contribution in [-0.4, -0.2) is 37.0 Å². The largest absolute Gasteiger partial charge is 0.367 e. The Bertz CT molecular complexity index is 341. The number of likely N-dealkylation sites (N-methyl/N-ethyl adjacent to an activating group) is 1. The molecule has 94 valence electrons. The Labute approximate surface area is 102 Å². The van der Waals surface area contributed by atoms with Crippen LogP contribution in [0.1, 0.15) is 12.5 Å². The number of hydrogen-bond donors (Lipinski definition) is 1. The normalized spacial score (nSPS) is 12.2. The fraction of sp³-hybridized carbons (Fsp3) is 0.462. The van der Waals surface area contributed by atoms with E-state index in [4.69, 9.17) is 10.5 Å². The molecule has 1 atom stereocenters. The van der Waals surface area contributed by atoms with Gasteiger partial charge in [-0.25, -0.2) is 0 Å². The van der Waals surface area contributed by atoms with Gasteiger partial charge in [-0.05, 0) is 12.5 Å². The summed E-state index contributed by atoms with van der Waals surface area (Å²) in [5.74, 6) is -0.0427. The predicted molar refractivity (Wildman–Crippen MR) is 67.4 cm³/mol. The minimum absolute atomic E-state index is 0.0427. The monoisotopic (exact) mass is 236 g/mol. The van der Waals surface area contributed by atoms with Gasteiger partial charge >= 0.3 is 0 Å². The first-order chi connectivity index (χ1) is 8.15. The number of carbonyl (C=O) groups excluding carboxylic acids is 1. The number of amides is 1. The minimum atomic E-state index is -0.0427. The quantitative estimate of drug-likeness (QED) is 0.802. The number of nitrogens with zero attached hydrogens (tertiary/aromatic N) is 1. The first-order valence-corrected chi connectivity index (χ1v) is 5.72.